The highest BCUT2D eigenvalue weighted by molar-refractivity contribution is 5.96. The molecule has 0 bridgehead atoms. The van der Waals surface area contributed by atoms with Gasteiger partial charge in [0.25, 0.3) is 5.69 Å². The summed E-state index contributed by atoms with van der Waals surface area (Å²) in [5.41, 5.74) is 4.88. The van der Waals surface area contributed by atoms with Crippen LogP contribution in [0.2, 0.25) is 0 Å². The van der Waals surface area contributed by atoms with E-state index in [-0.39, 0.29) is 23.2 Å². The number of amides is 1. The summed E-state index contributed by atoms with van der Waals surface area (Å²) in [7, 11) is 0. The summed E-state index contributed by atoms with van der Waals surface area (Å²) in [6, 6.07) is 2.79. The van der Waals surface area contributed by atoms with Crippen molar-refractivity contribution in [3.8, 4) is 0 Å². The molecule has 0 fully saturated rings. The number of nitrogens with one attached hydrogen (secondary N) is 1. The highest BCUT2D eigenvalue weighted by Gasteiger charge is 2.33. The number of carbonyl (C=O) groups is 1. The maximum Gasteiger partial charge on any atom is 0.405 e. The van der Waals surface area contributed by atoms with E-state index in [1.807, 2.05) is 13.8 Å². The number of rotatable bonds is 7. The second-order valence-corrected chi connectivity index (χ2v) is 6.13. The Hall–Kier alpha value is -2.51. The zero-order valence-corrected chi connectivity index (χ0v) is 13.7. The third-order valence-corrected chi connectivity index (χ3v) is 4.11. The minimum atomic E-state index is -0.832. The highest BCUT2D eigenvalue weighted by atomic mass is 16.6. The fourth-order valence-corrected chi connectivity index (χ4v) is 2.31. The Labute approximate surface area is 134 Å². The monoisotopic (exact) mass is 322 g/mol. The smallest absolute Gasteiger partial charge is 0.405 e. The Morgan fingerprint density at radius 1 is 1.48 bits per heavy atom. The molecular formula is C15H22N4O4. The SMILES string of the molecule is CC(CC(=N)c1ccc([N+](=O)[O-])cn1)C(C)C(C)(C)OC(N)=O. The minimum Gasteiger partial charge on any atom is -0.443 e. The van der Waals surface area contributed by atoms with E-state index >= 15 is 0 Å². The predicted octanol–water partition coefficient (Wildman–Crippen LogP) is 2.89. The fraction of sp³-hybridized carbons (Fsp3) is 0.533. The molecule has 1 rings (SSSR count). The molecule has 8 heteroatoms. The fourth-order valence-electron chi connectivity index (χ4n) is 2.31. The van der Waals surface area contributed by atoms with Crippen molar-refractivity contribution in [2.45, 2.75) is 39.7 Å². The molecule has 1 aromatic rings. The van der Waals surface area contributed by atoms with E-state index in [0.717, 1.165) is 6.20 Å². The molecule has 0 saturated carbocycles. The van der Waals surface area contributed by atoms with Gasteiger partial charge in [-0.25, -0.2) is 9.78 Å². The summed E-state index contributed by atoms with van der Waals surface area (Å²) >= 11 is 0. The number of pyridine rings is 1. The number of carbonyl (C=O) groups excluding carboxylic acids is 1. The van der Waals surface area contributed by atoms with Crippen molar-refractivity contribution in [1.82, 2.24) is 4.98 Å². The van der Waals surface area contributed by atoms with Crippen molar-refractivity contribution in [3.05, 3.63) is 34.1 Å². The first-order valence-corrected chi connectivity index (χ1v) is 7.21. The molecule has 0 aliphatic carbocycles. The van der Waals surface area contributed by atoms with E-state index in [9.17, 15) is 14.9 Å². The molecular weight excluding hydrogens is 300 g/mol. The van der Waals surface area contributed by atoms with Crippen molar-refractivity contribution in [3.63, 3.8) is 0 Å². The summed E-state index contributed by atoms with van der Waals surface area (Å²) < 4.78 is 5.13. The lowest BCUT2D eigenvalue weighted by atomic mass is 9.79. The van der Waals surface area contributed by atoms with Crippen LogP contribution in [0.15, 0.2) is 18.3 Å². The molecule has 1 heterocycles. The molecule has 2 unspecified atom stereocenters. The maximum absolute atomic E-state index is 11.0. The molecule has 2 atom stereocenters. The van der Waals surface area contributed by atoms with Gasteiger partial charge in [0, 0.05) is 6.07 Å². The lowest BCUT2D eigenvalue weighted by Crippen LogP contribution is -2.40. The molecule has 126 valence electrons. The van der Waals surface area contributed by atoms with Crippen LogP contribution in [-0.4, -0.2) is 27.3 Å². The summed E-state index contributed by atoms with van der Waals surface area (Å²) in [5, 5.41) is 18.7. The Bertz CT molecular complexity index is 598. The largest absolute Gasteiger partial charge is 0.443 e. The van der Waals surface area contributed by atoms with Crippen molar-refractivity contribution in [2.75, 3.05) is 0 Å². The van der Waals surface area contributed by atoms with Gasteiger partial charge in [0.05, 0.1) is 16.3 Å². The zero-order chi connectivity index (χ0) is 17.8. The Morgan fingerprint density at radius 3 is 2.52 bits per heavy atom. The van der Waals surface area contributed by atoms with Crippen LogP contribution in [0.4, 0.5) is 10.5 Å². The van der Waals surface area contributed by atoms with Gasteiger partial charge in [0.1, 0.15) is 11.8 Å². The lowest BCUT2D eigenvalue weighted by molar-refractivity contribution is -0.385. The third-order valence-electron chi connectivity index (χ3n) is 4.11. The van der Waals surface area contributed by atoms with Gasteiger partial charge in [0.2, 0.25) is 0 Å². The van der Waals surface area contributed by atoms with E-state index in [1.54, 1.807) is 13.8 Å². The van der Waals surface area contributed by atoms with Gasteiger partial charge in [-0.15, -0.1) is 0 Å². The Morgan fingerprint density at radius 2 is 2.09 bits per heavy atom. The van der Waals surface area contributed by atoms with Gasteiger partial charge >= 0.3 is 6.09 Å². The normalized spacial score (nSPS) is 13.9. The second kappa shape index (κ2) is 7.17. The molecule has 0 radical (unpaired) electrons. The standard InChI is InChI=1S/C15H22N4O4/c1-9(10(2)15(3,4)23-14(17)20)7-12(16)13-6-5-11(8-18-13)19(21)22/h5-6,8-10,16H,7H2,1-4H3,(H2,17,20). The van der Waals surface area contributed by atoms with Crippen molar-refractivity contribution >= 4 is 17.5 Å². The first kappa shape index (κ1) is 18.5. The Kier molecular flexibility index (Phi) is 5.78. The number of ether oxygens (including phenoxy) is 1. The molecule has 23 heavy (non-hydrogen) atoms. The first-order chi connectivity index (χ1) is 10.5. The van der Waals surface area contributed by atoms with E-state index in [2.05, 4.69) is 4.98 Å². The number of primary amides is 1. The summed E-state index contributed by atoms with van der Waals surface area (Å²) in [6.07, 6.45) is 0.705. The van der Waals surface area contributed by atoms with Crippen molar-refractivity contribution in [1.29, 1.82) is 5.41 Å². The molecule has 1 amide bonds. The third kappa shape index (κ3) is 5.01. The topological polar surface area (TPSA) is 132 Å². The minimum absolute atomic E-state index is 0.0221. The molecule has 3 N–H and O–H groups in total. The van der Waals surface area contributed by atoms with E-state index in [4.69, 9.17) is 15.9 Å². The van der Waals surface area contributed by atoms with Crippen LogP contribution >= 0.6 is 0 Å². The summed E-state index contributed by atoms with van der Waals surface area (Å²) in [6.45, 7) is 7.40. The zero-order valence-electron chi connectivity index (χ0n) is 13.7. The van der Waals surface area contributed by atoms with Crippen molar-refractivity contribution < 1.29 is 14.5 Å². The summed E-state index contributed by atoms with van der Waals surface area (Å²) in [5.74, 6) is -0.0257. The van der Waals surface area contributed by atoms with Crippen LogP contribution in [0.3, 0.4) is 0 Å². The Balaban J connectivity index is 2.75. The number of hydrogen-bond acceptors (Lipinski definition) is 6. The van der Waals surface area contributed by atoms with Crippen molar-refractivity contribution in [2.24, 2.45) is 17.6 Å². The van der Waals surface area contributed by atoms with Gasteiger partial charge in [0.15, 0.2) is 0 Å². The number of aromatic nitrogens is 1. The van der Waals surface area contributed by atoms with Gasteiger partial charge in [-0.1, -0.05) is 13.8 Å². The number of hydrogen-bond donors (Lipinski definition) is 2. The van der Waals surface area contributed by atoms with E-state index in [1.165, 1.54) is 12.1 Å². The van der Waals surface area contributed by atoms with Gasteiger partial charge in [-0.05, 0) is 38.2 Å². The molecule has 0 aliphatic rings. The lowest BCUT2D eigenvalue weighted by Gasteiger charge is -2.34. The molecule has 0 aromatic carbocycles. The van der Waals surface area contributed by atoms with Crippen LogP contribution < -0.4 is 5.73 Å². The maximum atomic E-state index is 11.0. The van der Waals surface area contributed by atoms with Gasteiger partial charge < -0.3 is 15.9 Å². The van der Waals surface area contributed by atoms with Crippen LogP contribution in [0.25, 0.3) is 0 Å². The average Bonchev–Trinajstić information content (AvgIpc) is 2.44. The van der Waals surface area contributed by atoms with Crippen LogP contribution in [0.1, 0.15) is 39.8 Å². The number of nitrogens with two attached hydrogens (primary N) is 1. The highest BCUT2D eigenvalue weighted by Crippen LogP contribution is 2.30. The first-order valence-electron chi connectivity index (χ1n) is 7.21. The van der Waals surface area contributed by atoms with Crippen LogP contribution in [0.5, 0.6) is 0 Å². The van der Waals surface area contributed by atoms with E-state index < -0.39 is 16.6 Å². The molecule has 8 nitrogen and oxygen atoms in total. The van der Waals surface area contributed by atoms with Crippen LogP contribution in [0, 0.1) is 27.4 Å². The molecule has 0 saturated heterocycles. The average molecular weight is 322 g/mol. The number of nitrogens with zero attached hydrogens (tertiary/aromatic N) is 2. The molecule has 0 aliphatic heterocycles. The quantitative estimate of drug-likeness (QED) is 0.452. The summed E-state index contributed by atoms with van der Waals surface area (Å²) in [4.78, 5) is 25.0. The van der Waals surface area contributed by atoms with Gasteiger partial charge in [-0.2, -0.15) is 0 Å². The molecule has 1 aromatic heterocycles. The molecule has 0 spiro atoms. The van der Waals surface area contributed by atoms with E-state index in [0.29, 0.717) is 12.1 Å². The number of nitro groups is 1. The second-order valence-electron chi connectivity index (χ2n) is 6.13. The van der Waals surface area contributed by atoms with Crippen LogP contribution in [-0.2, 0) is 4.74 Å². The predicted molar refractivity (Wildman–Crippen MR) is 85.4 cm³/mol. The van der Waals surface area contributed by atoms with Gasteiger partial charge in [-0.3, -0.25) is 10.1 Å².